The lowest BCUT2D eigenvalue weighted by molar-refractivity contribution is 0.793. The summed E-state index contributed by atoms with van der Waals surface area (Å²) < 4.78 is 0. The second-order valence-corrected chi connectivity index (χ2v) is 4.26. The Morgan fingerprint density at radius 2 is 2.06 bits per heavy atom. The topological polar surface area (TPSA) is 29.0 Å². The fraction of sp³-hybridized carbons (Fsp3) is 0.286. The number of nitrogens with zero attached hydrogens (tertiary/aromatic N) is 3. The molecule has 2 heterocycles. The summed E-state index contributed by atoms with van der Waals surface area (Å²) in [5, 5.41) is 0. The highest BCUT2D eigenvalue weighted by Crippen LogP contribution is 2.14. The van der Waals surface area contributed by atoms with Gasteiger partial charge in [-0.3, -0.25) is 4.98 Å². The molecule has 0 amide bonds. The van der Waals surface area contributed by atoms with E-state index in [1.54, 1.807) is 0 Å². The fourth-order valence-electron chi connectivity index (χ4n) is 1.72. The van der Waals surface area contributed by atoms with Crippen molar-refractivity contribution in [3.8, 4) is 0 Å². The van der Waals surface area contributed by atoms with Gasteiger partial charge < -0.3 is 4.90 Å². The Bertz CT molecular complexity index is 470. The Balaban J connectivity index is 2.12. The van der Waals surface area contributed by atoms with Crippen molar-refractivity contribution in [1.82, 2.24) is 9.97 Å². The molecule has 0 aliphatic carbocycles. The van der Waals surface area contributed by atoms with E-state index in [9.17, 15) is 0 Å². The van der Waals surface area contributed by atoms with Crippen molar-refractivity contribution in [3.63, 3.8) is 0 Å². The summed E-state index contributed by atoms with van der Waals surface area (Å²) in [7, 11) is 0. The number of hydrogen-bond donors (Lipinski definition) is 0. The lowest BCUT2D eigenvalue weighted by Crippen LogP contribution is -2.23. The Morgan fingerprint density at radius 3 is 2.61 bits per heavy atom. The van der Waals surface area contributed by atoms with Gasteiger partial charge in [0.05, 0.1) is 12.2 Å². The van der Waals surface area contributed by atoms with Crippen molar-refractivity contribution in [2.75, 3.05) is 11.4 Å². The molecule has 0 spiro atoms. The summed E-state index contributed by atoms with van der Waals surface area (Å²) in [6.45, 7) is 3.77. The number of halogens is 1. The van der Waals surface area contributed by atoms with Crippen LogP contribution in [0.2, 0.25) is 0 Å². The van der Waals surface area contributed by atoms with Crippen molar-refractivity contribution in [3.05, 3.63) is 54.0 Å². The molecule has 0 radical (unpaired) electrons. The molecule has 2 aromatic rings. The lowest BCUT2D eigenvalue weighted by atomic mass is 10.3. The first-order valence-electron chi connectivity index (χ1n) is 5.99. The van der Waals surface area contributed by atoms with Crippen LogP contribution in [0.15, 0.2) is 42.7 Å². The smallest absolute Gasteiger partial charge is 0.128 e. The summed E-state index contributed by atoms with van der Waals surface area (Å²) >= 11 is 5.76. The van der Waals surface area contributed by atoms with Gasteiger partial charge in [-0.05, 0) is 30.7 Å². The monoisotopic (exact) mass is 261 g/mol. The molecule has 0 bridgehead atoms. The van der Waals surface area contributed by atoms with E-state index in [0.29, 0.717) is 5.88 Å². The first kappa shape index (κ1) is 12.8. The summed E-state index contributed by atoms with van der Waals surface area (Å²) in [6.07, 6.45) is 3.64. The molecule has 2 rings (SSSR count). The zero-order valence-electron chi connectivity index (χ0n) is 10.4. The second-order valence-electron chi connectivity index (χ2n) is 3.99. The number of hydrogen-bond acceptors (Lipinski definition) is 3. The normalized spacial score (nSPS) is 10.3. The minimum absolute atomic E-state index is 0.500. The van der Waals surface area contributed by atoms with Gasteiger partial charge in [0.25, 0.3) is 0 Å². The van der Waals surface area contributed by atoms with Gasteiger partial charge in [-0.2, -0.15) is 0 Å². The molecule has 0 unspecified atom stereocenters. The molecule has 94 valence electrons. The van der Waals surface area contributed by atoms with Crippen LogP contribution in [-0.4, -0.2) is 16.5 Å². The van der Waals surface area contributed by atoms with Gasteiger partial charge in [-0.1, -0.05) is 12.1 Å². The molecule has 0 saturated heterocycles. The van der Waals surface area contributed by atoms with Crippen LogP contribution in [0.1, 0.15) is 18.2 Å². The quantitative estimate of drug-likeness (QED) is 0.774. The summed E-state index contributed by atoms with van der Waals surface area (Å²) in [5.41, 5.74) is 2.08. The van der Waals surface area contributed by atoms with E-state index < -0.39 is 0 Å². The third-order valence-corrected chi connectivity index (χ3v) is 3.06. The third kappa shape index (κ3) is 3.20. The van der Waals surface area contributed by atoms with E-state index >= 15 is 0 Å². The number of pyridine rings is 2. The van der Waals surface area contributed by atoms with E-state index in [4.69, 9.17) is 11.6 Å². The molecule has 0 aliphatic heterocycles. The number of anilines is 1. The van der Waals surface area contributed by atoms with Gasteiger partial charge in [0, 0.05) is 24.8 Å². The average Bonchev–Trinajstić information content (AvgIpc) is 2.46. The summed E-state index contributed by atoms with van der Waals surface area (Å²) in [4.78, 5) is 10.9. The van der Waals surface area contributed by atoms with E-state index in [-0.39, 0.29) is 0 Å². The largest absolute Gasteiger partial charge is 0.351 e. The van der Waals surface area contributed by atoms with E-state index in [0.717, 1.165) is 30.2 Å². The second kappa shape index (κ2) is 6.36. The highest BCUT2D eigenvalue weighted by atomic mass is 35.5. The summed E-state index contributed by atoms with van der Waals surface area (Å²) in [5.74, 6) is 1.46. The predicted molar refractivity (Wildman–Crippen MR) is 74.8 cm³/mol. The van der Waals surface area contributed by atoms with Crippen LogP contribution < -0.4 is 4.90 Å². The van der Waals surface area contributed by atoms with Gasteiger partial charge in [0.1, 0.15) is 5.82 Å². The maximum absolute atomic E-state index is 5.76. The fourth-order valence-corrected chi connectivity index (χ4v) is 1.88. The van der Waals surface area contributed by atoms with Crippen LogP contribution in [-0.2, 0) is 12.4 Å². The number of aromatic nitrogens is 2. The average molecular weight is 262 g/mol. The van der Waals surface area contributed by atoms with E-state index in [2.05, 4.69) is 21.8 Å². The van der Waals surface area contributed by atoms with Gasteiger partial charge in [-0.15, -0.1) is 11.6 Å². The van der Waals surface area contributed by atoms with E-state index in [1.165, 1.54) is 0 Å². The highest BCUT2D eigenvalue weighted by Gasteiger charge is 2.07. The van der Waals surface area contributed by atoms with Crippen LogP contribution in [0.4, 0.5) is 5.82 Å². The molecule has 0 aliphatic rings. The Labute approximate surface area is 112 Å². The highest BCUT2D eigenvalue weighted by molar-refractivity contribution is 6.17. The third-order valence-electron chi connectivity index (χ3n) is 2.75. The predicted octanol–water partition coefficient (Wildman–Crippen LogP) is 3.24. The molecular formula is C14H16ClN3. The maximum Gasteiger partial charge on any atom is 0.128 e. The van der Waals surface area contributed by atoms with Crippen molar-refractivity contribution < 1.29 is 0 Å². The van der Waals surface area contributed by atoms with E-state index in [1.807, 2.05) is 42.7 Å². The summed E-state index contributed by atoms with van der Waals surface area (Å²) in [6, 6.07) is 9.96. The van der Waals surface area contributed by atoms with Gasteiger partial charge >= 0.3 is 0 Å². The van der Waals surface area contributed by atoms with Gasteiger partial charge in [-0.25, -0.2) is 4.98 Å². The minimum Gasteiger partial charge on any atom is -0.351 e. The SMILES string of the molecule is CCN(Cc1ccccn1)c1ccc(CCl)cn1. The minimum atomic E-state index is 0.500. The van der Waals surface area contributed by atoms with Crippen molar-refractivity contribution >= 4 is 17.4 Å². The standard InChI is InChI=1S/C14H16ClN3/c1-2-18(11-13-5-3-4-8-16-13)14-7-6-12(9-15)10-17-14/h3-8,10H,2,9,11H2,1H3. The van der Waals surface area contributed by atoms with Crippen molar-refractivity contribution in [2.24, 2.45) is 0 Å². The molecule has 0 atom stereocenters. The molecule has 4 heteroatoms. The Kier molecular flexibility index (Phi) is 4.53. The first-order chi connectivity index (χ1) is 8.83. The molecule has 3 nitrogen and oxygen atoms in total. The van der Waals surface area contributed by atoms with Crippen LogP contribution in [0, 0.1) is 0 Å². The van der Waals surface area contributed by atoms with Gasteiger partial charge in [0.2, 0.25) is 0 Å². The number of rotatable bonds is 5. The van der Waals surface area contributed by atoms with Crippen LogP contribution in [0.3, 0.4) is 0 Å². The van der Waals surface area contributed by atoms with Crippen molar-refractivity contribution in [1.29, 1.82) is 0 Å². The number of alkyl halides is 1. The van der Waals surface area contributed by atoms with Crippen LogP contribution in [0.25, 0.3) is 0 Å². The molecule has 18 heavy (non-hydrogen) atoms. The Hall–Kier alpha value is -1.61. The molecular weight excluding hydrogens is 246 g/mol. The zero-order valence-corrected chi connectivity index (χ0v) is 11.1. The Morgan fingerprint density at radius 1 is 1.17 bits per heavy atom. The van der Waals surface area contributed by atoms with Crippen molar-refractivity contribution in [2.45, 2.75) is 19.3 Å². The van der Waals surface area contributed by atoms with Crippen LogP contribution in [0.5, 0.6) is 0 Å². The van der Waals surface area contributed by atoms with Crippen LogP contribution >= 0.6 is 11.6 Å². The van der Waals surface area contributed by atoms with Gasteiger partial charge in [0.15, 0.2) is 0 Å². The first-order valence-corrected chi connectivity index (χ1v) is 6.52. The molecule has 2 aromatic heterocycles. The zero-order chi connectivity index (χ0) is 12.8. The lowest BCUT2D eigenvalue weighted by Gasteiger charge is -2.21. The molecule has 0 saturated carbocycles. The molecule has 0 fully saturated rings. The maximum atomic E-state index is 5.76. The molecule has 0 N–H and O–H groups in total. The molecule has 0 aromatic carbocycles.